The van der Waals surface area contributed by atoms with Gasteiger partial charge in [0.15, 0.2) is 0 Å². The second-order valence-electron chi connectivity index (χ2n) is 6.16. The van der Waals surface area contributed by atoms with Crippen LogP contribution in [0.25, 0.3) is 0 Å². The van der Waals surface area contributed by atoms with Gasteiger partial charge in [-0.25, -0.2) is 0 Å². The zero-order valence-electron chi connectivity index (χ0n) is 14.5. The number of nitrogens with two attached hydrogens (primary N) is 1. The van der Waals surface area contributed by atoms with Gasteiger partial charge in [-0.1, -0.05) is 19.3 Å². The average Bonchev–Trinajstić information content (AvgIpc) is 2.60. The van der Waals surface area contributed by atoms with Gasteiger partial charge in [0, 0.05) is 18.2 Å². The number of amides is 1. The summed E-state index contributed by atoms with van der Waals surface area (Å²) >= 11 is 0. The molecule has 0 heterocycles. The Labute approximate surface area is 150 Å². The predicted molar refractivity (Wildman–Crippen MR) is 98.1 cm³/mol. The summed E-state index contributed by atoms with van der Waals surface area (Å²) in [5.41, 5.74) is 6.71. The number of rotatable bonds is 7. The molecule has 2 rings (SSSR count). The van der Waals surface area contributed by atoms with Crippen LogP contribution in [-0.4, -0.2) is 32.7 Å². The number of nitrogens with one attached hydrogen (secondary N) is 1. The highest BCUT2D eigenvalue weighted by Crippen LogP contribution is 2.27. The lowest BCUT2D eigenvalue weighted by Gasteiger charge is -2.30. The molecule has 1 unspecified atom stereocenters. The monoisotopic (exact) mass is 356 g/mol. The van der Waals surface area contributed by atoms with E-state index >= 15 is 0 Å². The lowest BCUT2D eigenvalue weighted by Crippen LogP contribution is -2.46. The van der Waals surface area contributed by atoms with Crippen molar-refractivity contribution < 1.29 is 14.3 Å². The SMILES string of the molecule is COc1ccc(OC)c(CC(=O)NC(CN)C2CCCCC2)c1.Cl. The van der Waals surface area contributed by atoms with Crippen LogP contribution in [-0.2, 0) is 11.2 Å². The van der Waals surface area contributed by atoms with Gasteiger partial charge in [0.2, 0.25) is 5.91 Å². The molecule has 0 aliphatic heterocycles. The van der Waals surface area contributed by atoms with Crippen LogP contribution in [0.3, 0.4) is 0 Å². The molecule has 0 saturated heterocycles. The first-order valence-corrected chi connectivity index (χ1v) is 8.38. The second-order valence-corrected chi connectivity index (χ2v) is 6.16. The first-order chi connectivity index (χ1) is 11.2. The minimum Gasteiger partial charge on any atom is -0.497 e. The van der Waals surface area contributed by atoms with Crippen molar-refractivity contribution in [1.29, 1.82) is 0 Å². The van der Waals surface area contributed by atoms with Gasteiger partial charge in [-0.3, -0.25) is 4.79 Å². The highest BCUT2D eigenvalue weighted by atomic mass is 35.5. The molecule has 1 aliphatic rings. The molecule has 0 radical (unpaired) electrons. The molecule has 1 aromatic rings. The molecular formula is C18H29ClN2O3. The summed E-state index contributed by atoms with van der Waals surface area (Å²) < 4.78 is 10.6. The third-order valence-corrected chi connectivity index (χ3v) is 4.66. The Hall–Kier alpha value is -1.46. The molecule has 5 nitrogen and oxygen atoms in total. The molecular weight excluding hydrogens is 328 g/mol. The number of ether oxygens (including phenoxy) is 2. The number of carbonyl (C=O) groups excluding carboxylic acids is 1. The number of hydrogen-bond donors (Lipinski definition) is 2. The molecule has 0 aromatic heterocycles. The largest absolute Gasteiger partial charge is 0.497 e. The maximum absolute atomic E-state index is 12.4. The Morgan fingerprint density at radius 1 is 1.25 bits per heavy atom. The highest BCUT2D eigenvalue weighted by molar-refractivity contribution is 5.85. The fraction of sp³-hybridized carbons (Fsp3) is 0.611. The van der Waals surface area contributed by atoms with Crippen LogP contribution in [0.1, 0.15) is 37.7 Å². The number of methoxy groups -OCH3 is 2. The summed E-state index contributed by atoms with van der Waals surface area (Å²) in [6, 6.07) is 5.56. The van der Waals surface area contributed by atoms with Crippen LogP contribution >= 0.6 is 12.4 Å². The van der Waals surface area contributed by atoms with Crippen LogP contribution in [0.2, 0.25) is 0 Å². The zero-order valence-corrected chi connectivity index (χ0v) is 15.4. The maximum atomic E-state index is 12.4. The minimum atomic E-state index is -0.0161. The summed E-state index contributed by atoms with van der Waals surface area (Å²) in [7, 11) is 3.22. The van der Waals surface area contributed by atoms with Gasteiger partial charge in [-0.05, 0) is 37.0 Å². The normalized spacial score (nSPS) is 16.0. The fourth-order valence-corrected chi connectivity index (χ4v) is 3.36. The number of benzene rings is 1. The summed E-state index contributed by atoms with van der Waals surface area (Å²) in [6.45, 7) is 0.492. The Morgan fingerprint density at radius 3 is 2.54 bits per heavy atom. The summed E-state index contributed by atoms with van der Waals surface area (Å²) in [6.07, 6.45) is 6.35. The number of halogens is 1. The van der Waals surface area contributed by atoms with E-state index in [-0.39, 0.29) is 30.8 Å². The third kappa shape index (κ3) is 5.56. The van der Waals surface area contributed by atoms with Crippen molar-refractivity contribution in [2.75, 3.05) is 20.8 Å². The van der Waals surface area contributed by atoms with E-state index in [4.69, 9.17) is 15.2 Å². The van der Waals surface area contributed by atoms with Crippen LogP contribution in [0.4, 0.5) is 0 Å². The van der Waals surface area contributed by atoms with E-state index in [0.717, 1.165) is 24.2 Å². The van der Waals surface area contributed by atoms with Crippen LogP contribution in [0.5, 0.6) is 11.5 Å². The fourth-order valence-electron chi connectivity index (χ4n) is 3.36. The Morgan fingerprint density at radius 2 is 1.96 bits per heavy atom. The van der Waals surface area contributed by atoms with Crippen molar-refractivity contribution in [1.82, 2.24) is 5.32 Å². The van der Waals surface area contributed by atoms with Crippen LogP contribution in [0.15, 0.2) is 18.2 Å². The topological polar surface area (TPSA) is 73.6 Å². The standard InChI is InChI=1S/C18H28N2O3.ClH/c1-22-15-8-9-17(23-2)14(10-15)11-18(21)20-16(12-19)13-6-4-3-5-7-13;/h8-10,13,16H,3-7,11-12,19H2,1-2H3,(H,20,21);1H. The highest BCUT2D eigenvalue weighted by Gasteiger charge is 2.24. The van der Waals surface area contributed by atoms with Crippen LogP contribution < -0.4 is 20.5 Å². The Bertz CT molecular complexity index is 519. The van der Waals surface area contributed by atoms with Crippen molar-refractivity contribution >= 4 is 18.3 Å². The molecule has 6 heteroatoms. The molecule has 136 valence electrons. The van der Waals surface area contributed by atoms with E-state index < -0.39 is 0 Å². The summed E-state index contributed by atoms with van der Waals surface area (Å²) in [4.78, 5) is 12.4. The predicted octanol–water partition coefficient (Wildman–Crippen LogP) is 2.69. The molecule has 1 fully saturated rings. The minimum absolute atomic E-state index is 0. The zero-order chi connectivity index (χ0) is 16.7. The molecule has 1 saturated carbocycles. The van der Waals surface area contributed by atoms with Gasteiger partial charge in [0.1, 0.15) is 11.5 Å². The molecule has 1 atom stereocenters. The second kappa shape index (κ2) is 10.4. The Kier molecular flexibility index (Phi) is 8.93. The van der Waals surface area contributed by atoms with Crippen molar-refractivity contribution in [3.05, 3.63) is 23.8 Å². The molecule has 0 spiro atoms. The van der Waals surface area contributed by atoms with E-state index in [2.05, 4.69) is 5.32 Å². The van der Waals surface area contributed by atoms with Crippen molar-refractivity contribution in [2.45, 2.75) is 44.6 Å². The number of carbonyl (C=O) groups is 1. The van der Waals surface area contributed by atoms with E-state index in [0.29, 0.717) is 18.2 Å². The molecule has 1 amide bonds. The van der Waals surface area contributed by atoms with Gasteiger partial charge in [0.25, 0.3) is 0 Å². The van der Waals surface area contributed by atoms with E-state index in [1.807, 2.05) is 18.2 Å². The third-order valence-electron chi connectivity index (χ3n) is 4.66. The first kappa shape index (κ1) is 20.6. The van der Waals surface area contributed by atoms with E-state index in [1.165, 1.54) is 19.3 Å². The maximum Gasteiger partial charge on any atom is 0.224 e. The lowest BCUT2D eigenvalue weighted by atomic mass is 9.84. The number of hydrogen-bond acceptors (Lipinski definition) is 4. The van der Waals surface area contributed by atoms with Gasteiger partial charge in [0.05, 0.1) is 20.6 Å². The summed E-state index contributed by atoms with van der Waals surface area (Å²) in [5, 5.41) is 3.11. The van der Waals surface area contributed by atoms with Gasteiger partial charge < -0.3 is 20.5 Å². The van der Waals surface area contributed by atoms with E-state index in [1.54, 1.807) is 14.2 Å². The smallest absolute Gasteiger partial charge is 0.224 e. The van der Waals surface area contributed by atoms with Crippen molar-refractivity contribution in [2.24, 2.45) is 11.7 Å². The lowest BCUT2D eigenvalue weighted by molar-refractivity contribution is -0.121. The van der Waals surface area contributed by atoms with Crippen molar-refractivity contribution in [3.8, 4) is 11.5 Å². The summed E-state index contributed by atoms with van der Waals surface area (Å²) in [5.74, 6) is 1.90. The molecule has 1 aromatic carbocycles. The Balaban J connectivity index is 0.00000288. The molecule has 24 heavy (non-hydrogen) atoms. The van der Waals surface area contributed by atoms with Gasteiger partial charge in [-0.15, -0.1) is 12.4 Å². The van der Waals surface area contributed by atoms with Crippen LogP contribution in [0, 0.1) is 5.92 Å². The quantitative estimate of drug-likeness (QED) is 0.787. The van der Waals surface area contributed by atoms with Gasteiger partial charge >= 0.3 is 0 Å². The molecule has 3 N–H and O–H groups in total. The molecule has 1 aliphatic carbocycles. The molecule has 0 bridgehead atoms. The van der Waals surface area contributed by atoms with Gasteiger partial charge in [-0.2, -0.15) is 0 Å². The first-order valence-electron chi connectivity index (χ1n) is 8.38. The average molecular weight is 357 g/mol. The van der Waals surface area contributed by atoms with Crippen molar-refractivity contribution in [3.63, 3.8) is 0 Å². The van der Waals surface area contributed by atoms with E-state index in [9.17, 15) is 4.79 Å².